The third kappa shape index (κ3) is 6.11. The molecule has 6 heteroatoms. The van der Waals surface area contributed by atoms with Gasteiger partial charge in [0.05, 0.1) is 33.8 Å². The topological polar surface area (TPSA) is 69.4 Å². The number of hydrogen-bond donors (Lipinski definition) is 0. The first-order chi connectivity index (χ1) is 27.2. The Morgan fingerprint density at radius 1 is 0.309 bits per heavy atom. The van der Waals surface area contributed by atoms with Crippen molar-refractivity contribution in [1.82, 2.24) is 29.5 Å². The van der Waals surface area contributed by atoms with E-state index in [9.17, 15) is 0 Å². The van der Waals surface area contributed by atoms with Gasteiger partial charge in [0.1, 0.15) is 0 Å². The van der Waals surface area contributed by atoms with Crippen molar-refractivity contribution in [3.63, 3.8) is 0 Å². The highest BCUT2D eigenvalue weighted by Gasteiger charge is 2.16. The van der Waals surface area contributed by atoms with Crippen LogP contribution in [0.4, 0.5) is 0 Å². The summed E-state index contributed by atoms with van der Waals surface area (Å²) in [5, 5.41) is 2.29. The Kier molecular flexibility index (Phi) is 8.04. The first-order valence-electron chi connectivity index (χ1n) is 18.2. The number of para-hydroxylation sites is 1. The van der Waals surface area contributed by atoms with Gasteiger partial charge in [-0.25, -0.2) is 9.97 Å². The van der Waals surface area contributed by atoms with Crippen LogP contribution in [-0.2, 0) is 0 Å². The van der Waals surface area contributed by atoms with E-state index in [2.05, 4.69) is 141 Å². The molecular weight excluding hydrogens is 673 g/mol. The van der Waals surface area contributed by atoms with E-state index in [1.54, 1.807) is 12.4 Å². The minimum absolute atomic E-state index is 0.890. The smallest absolute Gasteiger partial charge is 0.0725 e. The average molecular weight is 705 g/mol. The van der Waals surface area contributed by atoms with Gasteiger partial charge in [0.2, 0.25) is 0 Å². The molecule has 6 aromatic heterocycles. The number of hydrogen-bond acceptors (Lipinski definition) is 5. The summed E-state index contributed by atoms with van der Waals surface area (Å²) < 4.78 is 2.35. The maximum absolute atomic E-state index is 5.04. The van der Waals surface area contributed by atoms with Crippen molar-refractivity contribution in [1.29, 1.82) is 0 Å². The van der Waals surface area contributed by atoms with Crippen molar-refractivity contribution >= 4 is 21.8 Å². The Bertz CT molecular complexity index is 2790. The van der Waals surface area contributed by atoms with Crippen LogP contribution in [0.3, 0.4) is 0 Å². The van der Waals surface area contributed by atoms with E-state index in [0.29, 0.717) is 0 Å². The molecule has 0 spiro atoms. The minimum atomic E-state index is 0.890. The van der Waals surface area contributed by atoms with Crippen molar-refractivity contribution < 1.29 is 0 Å². The summed E-state index contributed by atoms with van der Waals surface area (Å²) >= 11 is 0. The monoisotopic (exact) mass is 704 g/mol. The molecule has 0 saturated carbocycles. The van der Waals surface area contributed by atoms with Gasteiger partial charge in [0.25, 0.3) is 0 Å². The molecule has 55 heavy (non-hydrogen) atoms. The normalized spacial score (nSPS) is 11.3. The highest BCUT2D eigenvalue weighted by molar-refractivity contribution is 6.09. The van der Waals surface area contributed by atoms with Crippen LogP contribution in [-0.4, -0.2) is 29.5 Å². The van der Waals surface area contributed by atoms with Gasteiger partial charge in [0, 0.05) is 75.9 Å². The lowest BCUT2D eigenvalue weighted by Gasteiger charge is -2.15. The quantitative estimate of drug-likeness (QED) is 0.165. The highest BCUT2D eigenvalue weighted by atomic mass is 15.0. The molecule has 0 atom stereocenters. The fourth-order valence-corrected chi connectivity index (χ4v) is 7.42. The molecule has 0 aliphatic heterocycles. The highest BCUT2D eigenvalue weighted by Crippen LogP contribution is 2.37. The SMILES string of the molecule is c1cncc(-c2cccc(-c3cccc(-c4cc(-c5cccc(-c6cccc(-c7cccnc7)n6)c5)cc(-n5c6ccccc6c6cnccc65)c4)c3)n2)c1. The lowest BCUT2D eigenvalue weighted by atomic mass is 9.95. The van der Waals surface area contributed by atoms with Crippen LogP contribution < -0.4 is 0 Å². The average Bonchev–Trinajstić information content (AvgIpc) is 3.61. The van der Waals surface area contributed by atoms with Gasteiger partial charge in [-0.05, 0) is 113 Å². The predicted octanol–water partition coefficient (Wildman–Crippen LogP) is 11.8. The molecule has 10 rings (SSSR count). The van der Waals surface area contributed by atoms with Gasteiger partial charge in [-0.15, -0.1) is 0 Å². The molecule has 6 nitrogen and oxygen atoms in total. The molecule has 0 aliphatic carbocycles. The fraction of sp³-hybridized carbons (Fsp3) is 0. The zero-order valence-corrected chi connectivity index (χ0v) is 29.7. The van der Waals surface area contributed by atoms with Crippen molar-refractivity contribution in [3.05, 3.63) is 195 Å². The molecule has 0 unspecified atom stereocenters. The zero-order chi connectivity index (χ0) is 36.6. The number of pyridine rings is 5. The summed E-state index contributed by atoms with van der Waals surface area (Å²) in [5.74, 6) is 0. The second-order valence-corrected chi connectivity index (χ2v) is 13.5. The van der Waals surface area contributed by atoms with E-state index in [0.717, 1.165) is 89.4 Å². The van der Waals surface area contributed by atoms with Gasteiger partial charge in [-0.2, -0.15) is 0 Å². The fourth-order valence-electron chi connectivity index (χ4n) is 7.42. The molecule has 0 saturated heterocycles. The van der Waals surface area contributed by atoms with Crippen LogP contribution >= 0.6 is 0 Å². The predicted molar refractivity (Wildman–Crippen MR) is 222 cm³/mol. The molecule has 0 aliphatic rings. The minimum Gasteiger partial charge on any atom is -0.309 e. The number of nitrogens with zero attached hydrogens (tertiary/aromatic N) is 6. The van der Waals surface area contributed by atoms with Crippen LogP contribution in [0.25, 0.3) is 94.8 Å². The van der Waals surface area contributed by atoms with Crippen LogP contribution in [0, 0.1) is 0 Å². The van der Waals surface area contributed by atoms with Gasteiger partial charge >= 0.3 is 0 Å². The number of fused-ring (bicyclic) bond motifs is 3. The van der Waals surface area contributed by atoms with E-state index in [1.807, 2.05) is 61.2 Å². The second-order valence-electron chi connectivity index (χ2n) is 13.5. The summed E-state index contributed by atoms with van der Waals surface area (Å²) in [7, 11) is 0. The Balaban J connectivity index is 1.13. The Morgan fingerprint density at radius 3 is 1.36 bits per heavy atom. The molecule has 0 bridgehead atoms. The van der Waals surface area contributed by atoms with E-state index in [-0.39, 0.29) is 0 Å². The van der Waals surface area contributed by atoms with Crippen molar-refractivity contribution in [3.8, 4) is 73.0 Å². The molecule has 6 heterocycles. The standard InChI is InChI=1S/C49H32N6/c1-2-20-48-42(15-1)43-32-52-24-21-49(43)55(48)41-28-39(33-9-3-11-35(25-33)44-16-5-18-46(53-44)37-13-7-22-50-30-37)27-40(29-41)34-10-4-12-36(26-34)45-17-6-19-47(54-45)38-14-8-23-51-31-38/h1-32H. The van der Waals surface area contributed by atoms with Gasteiger partial charge in [-0.3, -0.25) is 15.0 Å². The van der Waals surface area contributed by atoms with E-state index >= 15 is 0 Å². The zero-order valence-electron chi connectivity index (χ0n) is 29.7. The molecule has 0 fully saturated rings. The van der Waals surface area contributed by atoms with Gasteiger partial charge in [-0.1, -0.05) is 66.7 Å². The summed E-state index contributed by atoms with van der Waals surface area (Å²) in [5.41, 5.74) is 15.3. The molecule has 0 N–H and O–H groups in total. The third-order valence-corrected chi connectivity index (χ3v) is 10.0. The molecule has 0 radical (unpaired) electrons. The summed E-state index contributed by atoms with van der Waals surface area (Å²) in [4.78, 5) is 23.2. The van der Waals surface area contributed by atoms with E-state index in [4.69, 9.17) is 9.97 Å². The van der Waals surface area contributed by atoms with Crippen molar-refractivity contribution in [2.24, 2.45) is 0 Å². The molecule has 258 valence electrons. The molecular formula is C49H32N6. The summed E-state index contributed by atoms with van der Waals surface area (Å²) in [6.07, 6.45) is 11.1. The Labute approximate surface area is 318 Å². The van der Waals surface area contributed by atoms with Crippen molar-refractivity contribution in [2.75, 3.05) is 0 Å². The Hall–Kier alpha value is -7.57. The summed E-state index contributed by atoms with van der Waals surface area (Å²) in [6.45, 7) is 0. The molecule has 4 aromatic carbocycles. The van der Waals surface area contributed by atoms with Crippen LogP contribution in [0.15, 0.2) is 195 Å². The van der Waals surface area contributed by atoms with E-state index < -0.39 is 0 Å². The van der Waals surface area contributed by atoms with Crippen LogP contribution in [0.5, 0.6) is 0 Å². The van der Waals surface area contributed by atoms with Crippen LogP contribution in [0.1, 0.15) is 0 Å². The van der Waals surface area contributed by atoms with Crippen LogP contribution in [0.2, 0.25) is 0 Å². The lowest BCUT2D eigenvalue weighted by Crippen LogP contribution is -1.96. The lowest BCUT2D eigenvalue weighted by molar-refractivity contribution is 1.18. The maximum Gasteiger partial charge on any atom is 0.0725 e. The number of rotatable bonds is 7. The number of aromatic nitrogens is 6. The first kappa shape index (κ1) is 32.1. The van der Waals surface area contributed by atoms with E-state index in [1.165, 1.54) is 5.39 Å². The Morgan fingerprint density at radius 2 is 0.782 bits per heavy atom. The largest absolute Gasteiger partial charge is 0.309 e. The van der Waals surface area contributed by atoms with Crippen molar-refractivity contribution in [2.45, 2.75) is 0 Å². The summed E-state index contributed by atoms with van der Waals surface area (Å²) in [6, 6.07) is 55.1. The first-order valence-corrected chi connectivity index (χ1v) is 18.2. The maximum atomic E-state index is 5.04. The second kappa shape index (κ2) is 13.8. The molecule has 10 aromatic rings. The van der Waals surface area contributed by atoms with Gasteiger partial charge in [0.15, 0.2) is 0 Å². The molecule has 0 amide bonds. The van der Waals surface area contributed by atoms with Gasteiger partial charge < -0.3 is 4.57 Å². The third-order valence-electron chi connectivity index (χ3n) is 10.0. The number of benzene rings is 4.